The first-order chi connectivity index (χ1) is 7.72. The van der Waals surface area contributed by atoms with E-state index in [0.29, 0.717) is 12.5 Å². The lowest BCUT2D eigenvalue weighted by atomic mass is 10.1. The van der Waals surface area contributed by atoms with Crippen LogP contribution in [0.15, 0.2) is 30.7 Å². The second-order valence-electron chi connectivity index (χ2n) is 4.05. The van der Waals surface area contributed by atoms with Crippen molar-refractivity contribution in [3.8, 4) is 5.69 Å². The molecule has 0 aliphatic carbocycles. The van der Waals surface area contributed by atoms with Crippen LogP contribution in [0.1, 0.15) is 31.0 Å². The third-order valence-corrected chi connectivity index (χ3v) is 2.55. The Balaban J connectivity index is 2.42. The molecule has 4 heteroatoms. The molecular weight excluding hydrogens is 200 g/mol. The third kappa shape index (κ3) is 1.97. The van der Waals surface area contributed by atoms with Gasteiger partial charge in [0.15, 0.2) is 0 Å². The molecule has 0 saturated heterocycles. The van der Waals surface area contributed by atoms with Gasteiger partial charge < -0.3 is 5.73 Å². The molecule has 0 aromatic carbocycles. The lowest BCUT2D eigenvalue weighted by Gasteiger charge is -2.06. The summed E-state index contributed by atoms with van der Waals surface area (Å²) in [6.07, 6.45) is 5.50. The van der Waals surface area contributed by atoms with E-state index in [1.807, 2.05) is 23.0 Å². The second kappa shape index (κ2) is 4.45. The predicted molar refractivity (Wildman–Crippen MR) is 63.3 cm³/mol. The van der Waals surface area contributed by atoms with E-state index in [4.69, 9.17) is 5.73 Å². The zero-order valence-corrected chi connectivity index (χ0v) is 9.59. The zero-order chi connectivity index (χ0) is 11.5. The van der Waals surface area contributed by atoms with Gasteiger partial charge in [-0.3, -0.25) is 4.98 Å². The molecule has 0 spiro atoms. The quantitative estimate of drug-likeness (QED) is 0.851. The lowest BCUT2D eigenvalue weighted by molar-refractivity contribution is 0.762. The predicted octanol–water partition coefficient (Wildman–Crippen LogP) is 1.85. The van der Waals surface area contributed by atoms with Crippen molar-refractivity contribution in [2.75, 3.05) is 0 Å². The molecule has 0 aliphatic heterocycles. The number of pyridine rings is 1. The average Bonchev–Trinajstić information content (AvgIpc) is 2.78. The molecule has 2 aromatic rings. The molecule has 0 unspecified atom stereocenters. The molecule has 2 rings (SSSR count). The highest BCUT2D eigenvalue weighted by Crippen LogP contribution is 2.16. The van der Waals surface area contributed by atoms with Crippen LogP contribution in [0.25, 0.3) is 5.69 Å². The Morgan fingerprint density at radius 2 is 2.19 bits per heavy atom. The Bertz CT molecular complexity index is 473. The zero-order valence-electron chi connectivity index (χ0n) is 9.59. The molecule has 2 N–H and O–H groups in total. The normalized spacial score (nSPS) is 11.0. The lowest BCUT2D eigenvalue weighted by Crippen LogP contribution is -2.06. The summed E-state index contributed by atoms with van der Waals surface area (Å²) in [6, 6.07) is 3.96. The Morgan fingerprint density at radius 1 is 1.38 bits per heavy atom. The van der Waals surface area contributed by atoms with Gasteiger partial charge in [0, 0.05) is 30.7 Å². The maximum atomic E-state index is 5.67. The van der Waals surface area contributed by atoms with Crippen molar-refractivity contribution < 1.29 is 0 Å². The van der Waals surface area contributed by atoms with Crippen molar-refractivity contribution in [2.24, 2.45) is 5.73 Å². The average molecular weight is 216 g/mol. The van der Waals surface area contributed by atoms with Crippen LogP contribution in [0, 0.1) is 0 Å². The van der Waals surface area contributed by atoms with Crippen LogP contribution >= 0.6 is 0 Å². The Labute approximate surface area is 95.1 Å². The smallest absolute Gasteiger partial charge is 0.0721 e. The van der Waals surface area contributed by atoms with Gasteiger partial charge in [-0.2, -0.15) is 5.10 Å². The maximum absolute atomic E-state index is 5.67. The van der Waals surface area contributed by atoms with Crippen molar-refractivity contribution in [3.05, 3.63) is 42.0 Å². The first kappa shape index (κ1) is 10.8. The Kier molecular flexibility index (Phi) is 3.01. The van der Waals surface area contributed by atoms with Gasteiger partial charge >= 0.3 is 0 Å². The summed E-state index contributed by atoms with van der Waals surface area (Å²) >= 11 is 0. The van der Waals surface area contributed by atoms with Gasteiger partial charge in [0.25, 0.3) is 0 Å². The molecule has 84 valence electrons. The van der Waals surface area contributed by atoms with Gasteiger partial charge in [-0.15, -0.1) is 0 Å². The molecule has 0 saturated carbocycles. The molecular formula is C12H16N4. The van der Waals surface area contributed by atoms with Crippen LogP contribution in [-0.2, 0) is 6.54 Å². The minimum Gasteiger partial charge on any atom is -0.326 e. The molecule has 2 heterocycles. The molecule has 16 heavy (non-hydrogen) atoms. The number of nitrogens with zero attached hydrogens (tertiary/aromatic N) is 3. The molecule has 2 aromatic heterocycles. The largest absolute Gasteiger partial charge is 0.326 e. The maximum Gasteiger partial charge on any atom is 0.0721 e. The van der Waals surface area contributed by atoms with Gasteiger partial charge in [-0.25, -0.2) is 4.68 Å². The fourth-order valence-corrected chi connectivity index (χ4v) is 1.58. The summed E-state index contributed by atoms with van der Waals surface area (Å²) in [5, 5.41) is 4.52. The minimum absolute atomic E-state index is 0.435. The van der Waals surface area contributed by atoms with Gasteiger partial charge in [0.1, 0.15) is 0 Å². The number of rotatable bonds is 3. The fraction of sp³-hybridized carbons (Fsp3) is 0.333. The van der Waals surface area contributed by atoms with Crippen molar-refractivity contribution >= 4 is 0 Å². The fourth-order valence-electron chi connectivity index (χ4n) is 1.58. The van der Waals surface area contributed by atoms with Crippen LogP contribution in [0.3, 0.4) is 0 Å². The van der Waals surface area contributed by atoms with E-state index in [1.165, 1.54) is 0 Å². The van der Waals surface area contributed by atoms with Crippen LogP contribution < -0.4 is 5.73 Å². The Morgan fingerprint density at radius 3 is 2.81 bits per heavy atom. The minimum atomic E-state index is 0.435. The van der Waals surface area contributed by atoms with E-state index in [2.05, 4.69) is 23.9 Å². The number of nitrogens with two attached hydrogens (primary N) is 1. The van der Waals surface area contributed by atoms with Crippen molar-refractivity contribution in [3.63, 3.8) is 0 Å². The highest BCUT2D eigenvalue weighted by Gasteiger charge is 2.07. The second-order valence-corrected chi connectivity index (χ2v) is 4.05. The van der Waals surface area contributed by atoms with E-state index >= 15 is 0 Å². The van der Waals surface area contributed by atoms with Gasteiger partial charge in [-0.05, 0) is 18.1 Å². The molecule has 0 fully saturated rings. The van der Waals surface area contributed by atoms with Crippen LogP contribution in [0.4, 0.5) is 0 Å². The van der Waals surface area contributed by atoms with E-state index in [-0.39, 0.29) is 0 Å². The molecule has 0 radical (unpaired) electrons. The standard InChI is InChI=1S/C12H16N4/c1-9(2)11-4-6-16(15-11)12-3-5-14-8-10(12)7-13/h3-6,8-9H,7,13H2,1-2H3. The number of hydrogen-bond acceptors (Lipinski definition) is 3. The van der Waals surface area contributed by atoms with Gasteiger partial charge in [0.2, 0.25) is 0 Å². The van der Waals surface area contributed by atoms with Crippen molar-refractivity contribution in [2.45, 2.75) is 26.3 Å². The van der Waals surface area contributed by atoms with E-state index < -0.39 is 0 Å². The summed E-state index contributed by atoms with van der Waals surface area (Å²) in [7, 11) is 0. The van der Waals surface area contributed by atoms with Crippen molar-refractivity contribution in [1.29, 1.82) is 0 Å². The first-order valence-electron chi connectivity index (χ1n) is 5.41. The topological polar surface area (TPSA) is 56.7 Å². The summed E-state index contributed by atoms with van der Waals surface area (Å²) in [4.78, 5) is 4.06. The van der Waals surface area contributed by atoms with Gasteiger partial charge in [-0.1, -0.05) is 13.8 Å². The van der Waals surface area contributed by atoms with Crippen LogP contribution in [-0.4, -0.2) is 14.8 Å². The highest BCUT2D eigenvalue weighted by molar-refractivity contribution is 5.38. The summed E-state index contributed by atoms with van der Waals surface area (Å²) in [5.41, 5.74) is 8.76. The van der Waals surface area contributed by atoms with Gasteiger partial charge in [0.05, 0.1) is 11.4 Å². The van der Waals surface area contributed by atoms with E-state index in [0.717, 1.165) is 16.9 Å². The monoisotopic (exact) mass is 216 g/mol. The molecule has 0 aliphatic rings. The highest BCUT2D eigenvalue weighted by atomic mass is 15.3. The van der Waals surface area contributed by atoms with E-state index in [9.17, 15) is 0 Å². The molecule has 0 atom stereocenters. The third-order valence-electron chi connectivity index (χ3n) is 2.55. The van der Waals surface area contributed by atoms with Crippen LogP contribution in [0.2, 0.25) is 0 Å². The Hall–Kier alpha value is -1.68. The molecule has 4 nitrogen and oxygen atoms in total. The van der Waals surface area contributed by atoms with E-state index in [1.54, 1.807) is 12.4 Å². The summed E-state index contributed by atoms with van der Waals surface area (Å²) in [6.45, 7) is 4.73. The molecule has 0 amide bonds. The summed E-state index contributed by atoms with van der Waals surface area (Å²) in [5.74, 6) is 0.435. The van der Waals surface area contributed by atoms with Crippen molar-refractivity contribution in [1.82, 2.24) is 14.8 Å². The number of aromatic nitrogens is 3. The SMILES string of the molecule is CC(C)c1ccn(-c2ccncc2CN)n1. The van der Waals surface area contributed by atoms with Crippen LogP contribution in [0.5, 0.6) is 0 Å². The number of hydrogen-bond donors (Lipinski definition) is 1. The molecule has 0 bridgehead atoms. The first-order valence-corrected chi connectivity index (χ1v) is 5.41. The summed E-state index contributed by atoms with van der Waals surface area (Å²) < 4.78 is 1.86.